The van der Waals surface area contributed by atoms with Crippen LogP contribution in [0.2, 0.25) is 5.02 Å². The van der Waals surface area contributed by atoms with E-state index in [2.05, 4.69) is 15.9 Å². The highest BCUT2D eigenvalue weighted by molar-refractivity contribution is 9.09. The van der Waals surface area contributed by atoms with E-state index in [1.165, 1.54) is 0 Å². The lowest BCUT2D eigenvalue weighted by molar-refractivity contribution is -0.113. The molecule has 0 bridgehead atoms. The van der Waals surface area contributed by atoms with Gasteiger partial charge in [0.1, 0.15) is 12.4 Å². The van der Waals surface area contributed by atoms with Crippen molar-refractivity contribution in [1.29, 1.82) is 0 Å². The quantitative estimate of drug-likeness (QED) is 0.377. The van der Waals surface area contributed by atoms with Crippen LogP contribution in [0.3, 0.4) is 0 Å². The van der Waals surface area contributed by atoms with Crippen molar-refractivity contribution in [3.8, 4) is 5.75 Å². The van der Waals surface area contributed by atoms with Crippen LogP contribution in [0.25, 0.3) is 0 Å². The predicted molar refractivity (Wildman–Crippen MR) is 121 cm³/mol. The Kier molecular flexibility index (Phi) is 9.43. The van der Waals surface area contributed by atoms with Crippen LogP contribution in [0.4, 0.5) is 0 Å². The molecule has 2 N–H and O–H groups in total. The van der Waals surface area contributed by atoms with E-state index in [0.717, 1.165) is 27.8 Å². The van der Waals surface area contributed by atoms with Gasteiger partial charge in [0.05, 0.1) is 38.1 Å². The average Bonchev–Trinajstić information content (AvgIpc) is 2.75. The molecular weight excluding hydrogens is 472 g/mol. The van der Waals surface area contributed by atoms with Crippen molar-refractivity contribution in [3.63, 3.8) is 0 Å². The minimum atomic E-state index is -0.475. The zero-order chi connectivity index (χ0) is 21.3. The molecule has 1 heterocycles. The van der Waals surface area contributed by atoms with Crippen molar-refractivity contribution in [2.24, 2.45) is 0 Å². The average molecular weight is 500 g/mol. The number of aliphatic hydroxyl groups is 2. The Balaban J connectivity index is 1.61. The molecule has 0 aromatic heterocycles. The van der Waals surface area contributed by atoms with Crippen molar-refractivity contribution in [2.45, 2.75) is 37.6 Å². The van der Waals surface area contributed by atoms with E-state index in [1.807, 2.05) is 42.5 Å². The van der Waals surface area contributed by atoms with Gasteiger partial charge in [-0.05, 0) is 41.3 Å². The highest BCUT2D eigenvalue weighted by atomic mass is 79.9. The summed E-state index contributed by atoms with van der Waals surface area (Å²) in [6, 6.07) is 13.8. The maximum Gasteiger partial charge on any atom is 0.119 e. The lowest BCUT2D eigenvalue weighted by Crippen LogP contribution is -2.33. The molecular formula is C23H28BrClO5. The van der Waals surface area contributed by atoms with Crippen molar-refractivity contribution >= 4 is 27.5 Å². The molecule has 1 aliphatic rings. The molecule has 0 aliphatic carbocycles. The van der Waals surface area contributed by atoms with E-state index in [1.54, 1.807) is 0 Å². The Morgan fingerprint density at radius 1 is 1.07 bits per heavy atom. The number of rotatable bonds is 10. The molecule has 3 rings (SSSR count). The van der Waals surface area contributed by atoms with Gasteiger partial charge in [-0.15, -0.1) is 0 Å². The molecule has 3 unspecified atom stereocenters. The number of halogens is 2. The molecule has 3 atom stereocenters. The Morgan fingerprint density at radius 2 is 1.87 bits per heavy atom. The van der Waals surface area contributed by atoms with E-state index < -0.39 is 6.10 Å². The highest BCUT2D eigenvalue weighted by Gasteiger charge is 2.29. The second-order valence-corrected chi connectivity index (χ2v) is 8.58. The fourth-order valence-corrected chi connectivity index (χ4v) is 3.96. The molecule has 5 nitrogen and oxygen atoms in total. The largest absolute Gasteiger partial charge is 0.491 e. The predicted octanol–water partition coefficient (Wildman–Crippen LogP) is 4.29. The SMILES string of the molecule is OCC1CC(O)CC(c2ccc(Cl)c(Cc3ccc(OCCOCCBr)cc3)c2)O1. The van der Waals surface area contributed by atoms with Gasteiger partial charge in [0.15, 0.2) is 0 Å². The smallest absolute Gasteiger partial charge is 0.119 e. The fraction of sp³-hybridized carbons (Fsp3) is 0.478. The van der Waals surface area contributed by atoms with Crippen LogP contribution in [-0.2, 0) is 15.9 Å². The molecule has 164 valence electrons. The second-order valence-electron chi connectivity index (χ2n) is 7.38. The van der Waals surface area contributed by atoms with Gasteiger partial charge in [-0.2, -0.15) is 0 Å². The number of ether oxygens (including phenoxy) is 3. The molecule has 0 radical (unpaired) electrons. The van der Waals surface area contributed by atoms with Crippen LogP contribution in [0, 0.1) is 0 Å². The third kappa shape index (κ3) is 6.94. The monoisotopic (exact) mass is 498 g/mol. The zero-order valence-corrected chi connectivity index (χ0v) is 19.1. The van der Waals surface area contributed by atoms with Gasteiger partial charge in [0, 0.05) is 23.2 Å². The van der Waals surface area contributed by atoms with E-state index in [-0.39, 0.29) is 18.8 Å². The summed E-state index contributed by atoms with van der Waals surface area (Å²) in [7, 11) is 0. The van der Waals surface area contributed by atoms with Gasteiger partial charge < -0.3 is 24.4 Å². The third-order valence-electron chi connectivity index (χ3n) is 5.06. The minimum absolute atomic E-state index is 0.0922. The first-order chi connectivity index (χ1) is 14.6. The van der Waals surface area contributed by atoms with Crippen LogP contribution in [0.5, 0.6) is 5.75 Å². The van der Waals surface area contributed by atoms with Gasteiger partial charge >= 0.3 is 0 Å². The van der Waals surface area contributed by atoms with Crippen molar-refractivity contribution in [2.75, 3.05) is 31.8 Å². The molecule has 0 spiro atoms. The maximum absolute atomic E-state index is 10.1. The Hall–Kier alpha value is -1.15. The molecule has 7 heteroatoms. The molecule has 2 aromatic rings. The number of hydrogen-bond donors (Lipinski definition) is 2. The van der Waals surface area contributed by atoms with Gasteiger partial charge in [-0.3, -0.25) is 0 Å². The van der Waals surface area contributed by atoms with E-state index in [0.29, 0.717) is 44.1 Å². The van der Waals surface area contributed by atoms with Gasteiger partial charge in [0.25, 0.3) is 0 Å². The fourth-order valence-electron chi connectivity index (χ4n) is 3.55. The Morgan fingerprint density at radius 3 is 2.60 bits per heavy atom. The first-order valence-corrected chi connectivity index (χ1v) is 11.7. The highest BCUT2D eigenvalue weighted by Crippen LogP contribution is 2.33. The standard InChI is InChI=1S/C23H28BrClO5/c24-7-8-28-9-10-29-20-4-1-16(2-5-20)11-18-12-17(3-6-22(18)25)23-14-19(27)13-21(15-26)30-23/h1-6,12,19,21,23,26-27H,7-11,13-15H2. The third-order valence-corrected chi connectivity index (χ3v) is 5.75. The Labute approximate surface area is 191 Å². The molecule has 1 saturated heterocycles. The van der Waals surface area contributed by atoms with Gasteiger partial charge in [-0.25, -0.2) is 0 Å². The summed E-state index contributed by atoms with van der Waals surface area (Å²) in [6.07, 6.45) is 0.602. The van der Waals surface area contributed by atoms with Gasteiger partial charge in [-0.1, -0.05) is 51.8 Å². The zero-order valence-electron chi connectivity index (χ0n) is 16.8. The van der Waals surface area contributed by atoms with E-state index in [9.17, 15) is 10.2 Å². The van der Waals surface area contributed by atoms with Crippen LogP contribution in [0.15, 0.2) is 42.5 Å². The molecule has 30 heavy (non-hydrogen) atoms. The summed E-state index contributed by atoms with van der Waals surface area (Å²) < 4.78 is 17.0. The Bertz CT molecular complexity index is 786. The summed E-state index contributed by atoms with van der Waals surface area (Å²) in [6.45, 7) is 1.66. The molecule has 0 saturated carbocycles. The molecule has 0 amide bonds. The number of alkyl halides is 1. The normalized spacial score (nSPS) is 21.5. The van der Waals surface area contributed by atoms with E-state index in [4.69, 9.17) is 25.8 Å². The van der Waals surface area contributed by atoms with Crippen molar-refractivity contribution in [1.82, 2.24) is 0 Å². The minimum Gasteiger partial charge on any atom is -0.491 e. The number of benzene rings is 2. The van der Waals surface area contributed by atoms with Crippen LogP contribution in [0.1, 0.15) is 35.6 Å². The maximum atomic E-state index is 10.1. The first-order valence-electron chi connectivity index (χ1n) is 10.2. The summed E-state index contributed by atoms with van der Waals surface area (Å²) in [4.78, 5) is 0. The summed E-state index contributed by atoms with van der Waals surface area (Å²) in [5.74, 6) is 0.806. The number of aliphatic hydroxyl groups excluding tert-OH is 2. The van der Waals surface area contributed by atoms with Crippen LogP contribution in [-0.4, -0.2) is 54.2 Å². The lowest BCUT2D eigenvalue weighted by atomic mass is 9.94. The van der Waals surface area contributed by atoms with Crippen molar-refractivity contribution < 1.29 is 24.4 Å². The van der Waals surface area contributed by atoms with Crippen molar-refractivity contribution in [3.05, 3.63) is 64.2 Å². The number of hydrogen-bond acceptors (Lipinski definition) is 5. The molecule has 1 aliphatic heterocycles. The first kappa shape index (κ1) is 23.5. The summed E-state index contributed by atoms with van der Waals surface area (Å²) in [5, 5.41) is 21.0. The molecule has 2 aromatic carbocycles. The van der Waals surface area contributed by atoms with E-state index >= 15 is 0 Å². The molecule has 1 fully saturated rings. The van der Waals surface area contributed by atoms with Crippen LogP contribution < -0.4 is 4.74 Å². The summed E-state index contributed by atoms with van der Waals surface area (Å²) >= 11 is 9.76. The topological polar surface area (TPSA) is 68.2 Å². The summed E-state index contributed by atoms with van der Waals surface area (Å²) in [5.41, 5.74) is 3.08. The van der Waals surface area contributed by atoms with Crippen LogP contribution >= 0.6 is 27.5 Å². The van der Waals surface area contributed by atoms with Gasteiger partial charge in [0.2, 0.25) is 0 Å². The second kappa shape index (κ2) is 12.0. The lowest BCUT2D eigenvalue weighted by Gasteiger charge is -2.32.